The lowest BCUT2D eigenvalue weighted by Crippen LogP contribution is -2.43. The zero-order chi connectivity index (χ0) is 22.3. The quantitative estimate of drug-likeness (QED) is 0.535. The van der Waals surface area contributed by atoms with Crippen LogP contribution in [0.4, 0.5) is 5.82 Å². The van der Waals surface area contributed by atoms with Gasteiger partial charge < -0.3 is 10.2 Å². The molecule has 32 heavy (non-hydrogen) atoms. The lowest BCUT2D eigenvalue weighted by molar-refractivity contribution is -0.121. The number of aromatic nitrogens is 5. The number of H-pyrrole nitrogens is 1. The minimum absolute atomic E-state index is 0.0618. The number of hydrogen-bond acceptors (Lipinski definition) is 7. The van der Waals surface area contributed by atoms with E-state index in [1.165, 1.54) is 0 Å². The Morgan fingerprint density at radius 1 is 1.09 bits per heavy atom. The third-order valence-corrected chi connectivity index (χ3v) is 6.25. The number of aromatic amines is 1. The van der Waals surface area contributed by atoms with Crippen LogP contribution >= 0.6 is 0 Å². The van der Waals surface area contributed by atoms with Crippen molar-refractivity contribution in [2.24, 2.45) is 5.92 Å². The number of hydrogen-bond donors (Lipinski definition) is 2. The Hall–Kier alpha value is -3.13. The molecule has 1 saturated heterocycles. The first-order valence-corrected chi connectivity index (χ1v) is 11.4. The predicted molar refractivity (Wildman–Crippen MR) is 124 cm³/mol. The highest BCUT2D eigenvalue weighted by molar-refractivity contribution is 5.79. The standard InChI is InChI=1S/C24H31N7O/c1-3-4-21(17(2)32)22(24-27-29-30-28-24)15-18-5-7-19(8-6-18)20-9-10-23(26-16-20)31-13-11-25-12-14-31/h5-10,16,21-22,25H,3-4,11-15H2,1-2H3,(H,27,28,29,30)/t21-,22-/m0/s1. The number of anilines is 1. The van der Waals surface area contributed by atoms with Crippen LogP contribution < -0.4 is 10.2 Å². The van der Waals surface area contributed by atoms with Crippen LogP contribution in [-0.4, -0.2) is 57.6 Å². The molecule has 168 valence electrons. The Bertz CT molecular complexity index is 980. The molecule has 0 unspecified atom stereocenters. The van der Waals surface area contributed by atoms with Gasteiger partial charge in [-0.2, -0.15) is 0 Å². The molecule has 2 aromatic heterocycles. The van der Waals surface area contributed by atoms with Gasteiger partial charge in [-0.3, -0.25) is 4.79 Å². The van der Waals surface area contributed by atoms with Gasteiger partial charge in [0.1, 0.15) is 11.6 Å². The van der Waals surface area contributed by atoms with Crippen LogP contribution in [0, 0.1) is 5.92 Å². The van der Waals surface area contributed by atoms with E-state index in [0.29, 0.717) is 12.2 Å². The fraction of sp³-hybridized carbons (Fsp3) is 0.458. The van der Waals surface area contributed by atoms with Gasteiger partial charge in [-0.1, -0.05) is 37.6 Å². The number of Topliss-reactive ketones (excluding diaryl/α,β-unsaturated/α-hetero) is 1. The second kappa shape index (κ2) is 10.5. The van der Waals surface area contributed by atoms with Crippen molar-refractivity contribution in [1.82, 2.24) is 30.9 Å². The van der Waals surface area contributed by atoms with Gasteiger partial charge in [-0.05, 0) is 53.5 Å². The molecule has 8 heteroatoms. The number of pyridine rings is 1. The summed E-state index contributed by atoms with van der Waals surface area (Å²) in [4.78, 5) is 19.3. The molecule has 2 N–H and O–H groups in total. The van der Waals surface area contributed by atoms with Crippen molar-refractivity contribution in [1.29, 1.82) is 0 Å². The maximum Gasteiger partial charge on any atom is 0.152 e. The van der Waals surface area contributed by atoms with Crippen LogP contribution in [0.1, 0.15) is 44.0 Å². The van der Waals surface area contributed by atoms with Crippen molar-refractivity contribution >= 4 is 11.6 Å². The largest absolute Gasteiger partial charge is 0.354 e. The minimum atomic E-state index is -0.101. The predicted octanol–water partition coefficient (Wildman–Crippen LogP) is 3.00. The number of piperazine rings is 1. The summed E-state index contributed by atoms with van der Waals surface area (Å²) < 4.78 is 0. The summed E-state index contributed by atoms with van der Waals surface area (Å²) >= 11 is 0. The van der Waals surface area contributed by atoms with Crippen molar-refractivity contribution in [3.8, 4) is 11.1 Å². The molecule has 0 spiro atoms. The van der Waals surface area contributed by atoms with E-state index in [1.807, 2.05) is 6.20 Å². The highest BCUT2D eigenvalue weighted by atomic mass is 16.1. The molecule has 2 atom stereocenters. The zero-order valence-electron chi connectivity index (χ0n) is 18.8. The van der Waals surface area contributed by atoms with Crippen LogP contribution in [0.25, 0.3) is 11.1 Å². The molecule has 1 aromatic carbocycles. The average Bonchev–Trinajstić information content (AvgIpc) is 3.37. The van der Waals surface area contributed by atoms with E-state index in [0.717, 1.165) is 61.5 Å². The molecule has 1 aliphatic rings. The fourth-order valence-corrected chi connectivity index (χ4v) is 4.48. The molecular weight excluding hydrogens is 402 g/mol. The Kier molecular flexibility index (Phi) is 7.21. The highest BCUT2D eigenvalue weighted by Gasteiger charge is 2.29. The van der Waals surface area contributed by atoms with Crippen LogP contribution in [0.2, 0.25) is 0 Å². The van der Waals surface area contributed by atoms with E-state index < -0.39 is 0 Å². The zero-order valence-corrected chi connectivity index (χ0v) is 18.8. The summed E-state index contributed by atoms with van der Waals surface area (Å²) in [5.41, 5.74) is 3.38. The van der Waals surface area contributed by atoms with E-state index in [1.54, 1.807) is 6.92 Å². The number of carbonyl (C=O) groups excluding carboxylic acids is 1. The third-order valence-electron chi connectivity index (χ3n) is 6.25. The van der Waals surface area contributed by atoms with Crippen LogP contribution in [0.5, 0.6) is 0 Å². The fourth-order valence-electron chi connectivity index (χ4n) is 4.48. The number of nitrogens with one attached hydrogen (secondary N) is 2. The molecule has 1 aliphatic heterocycles. The van der Waals surface area contributed by atoms with Gasteiger partial charge in [0.2, 0.25) is 0 Å². The maximum absolute atomic E-state index is 12.3. The Labute approximate surface area is 188 Å². The Balaban J connectivity index is 1.49. The third kappa shape index (κ3) is 5.19. The van der Waals surface area contributed by atoms with Gasteiger partial charge in [-0.25, -0.2) is 10.1 Å². The first-order chi connectivity index (χ1) is 15.7. The average molecular weight is 434 g/mol. The molecule has 0 bridgehead atoms. The first kappa shape index (κ1) is 22.1. The van der Waals surface area contributed by atoms with Gasteiger partial charge in [0.15, 0.2) is 5.82 Å². The van der Waals surface area contributed by atoms with Crippen molar-refractivity contribution in [3.05, 3.63) is 54.0 Å². The van der Waals surface area contributed by atoms with Gasteiger partial charge in [0.25, 0.3) is 0 Å². The van der Waals surface area contributed by atoms with Crippen molar-refractivity contribution in [3.63, 3.8) is 0 Å². The monoisotopic (exact) mass is 433 g/mol. The normalized spacial score (nSPS) is 16.0. The topological polar surface area (TPSA) is 99.7 Å². The van der Waals surface area contributed by atoms with E-state index in [9.17, 15) is 4.79 Å². The number of rotatable bonds is 9. The number of benzene rings is 1. The van der Waals surface area contributed by atoms with Crippen LogP contribution in [0.3, 0.4) is 0 Å². The highest BCUT2D eigenvalue weighted by Crippen LogP contribution is 2.31. The minimum Gasteiger partial charge on any atom is -0.354 e. The number of tetrazole rings is 1. The molecule has 8 nitrogen and oxygen atoms in total. The summed E-state index contributed by atoms with van der Waals surface area (Å²) in [6, 6.07) is 12.7. The molecule has 0 aliphatic carbocycles. The van der Waals surface area contributed by atoms with Crippen molar-refractivity contribution < 1.29 is 4.79 Å². The van der Waals surface area contributed by atoms with Crippen molar-refractivity contribution in [2.45, 2.75) is 39.0 Å². The van der Waals surface area contributed by atoms with Crippen LogP contribution in [-0.2, 0) is 11.2 Å². The van der Waals surface area contributed by atoms with Gasteiger partial charge in [-0.15, -0.1) is 5.10 Å². The summed E-state index contributed by atoms with van der Waals surface area (Å²) in [6.07, 6.45) is 4.42. The summed E-state index contributed by atoms with van der Waals surface area (Å²) in [5.74, 6) is 1.72. The van der Waals surface area contributed by atoms with E-state index in [-0.39, 0.29) is 17.6 Å². The number of nitrogens with zero attached hydrogens (tertiary/aromatic N) is 5. The second-order valence-electron chi connectivity index (χ2n) is 8.44. The lowest BCUT2D eigenvalue weighted by Gasteiger charge is -2.28. The van der Waals surface area contributed by atoms with E-state index in [4.69, 9.17) is 0 Å². The van der Waals surface area contributed by atoms with Gasteiger partial charge in [0, 0.05) is 49.8 Å². The van der Waals surface area contributed by atoms with E-state index in [2.05, 4.69) is 79.1 Å². The molecule has 3 aromatic rings. The van der Waals surface area contributed by atoms with Gasteiger partial charge >= 0.3 is 0 Å². The SMILES string of the molecule is CCC[C@@H](C(C)=O)[C@H](Cc1ccc(-c2ccc(N3CCNCC3)nc2)cc1)c1nnn[nH]1. The molecular formula is C24H31N7O. The number of carbonyl (C=O) groups is 1. The molecule has 0 amide bonds. The smallest absolute Gasteiger partial charge is 0.152 e. The second-order valence-corrected chi connectivity index (χ2v) is 8.44. The van der Waals surface area contributed by atoms with Crippen LogP contribution in [0.15, 0.2) is 42.6 Å². The molecule has 1 fully saturated rings. The molecule has 3 heterocycles. The number of ketones is 1. The summed E-state index contributed by atoms with van der Waals surface area (Å²) in [7, 11) is 0. The summed E-state index contributed by atoms with van der Waals surface area (Å²) in [6.45, 7) is 7.74. The first-order valence-electron chi connectivity index (χ1n) is 11.4. The maximum atomic E-state index is 12.3. The lowest BCUT2D eigenvalue weighted by atomic mass is 9.81. The Morgan fingerprint density at radius 3 is 2.44 bits per heavy atom. The molecule has 0 saturated carbocycles. The van der Waals surface area contributed by atoms with Crippen molar-refractivity contribution in [2.75, 3.05) is 31.1 Å². The van der Waals surface area contributed by atoms with Gasteiger partial charge in [0.05, 0.1) is 0 Å². The summed E-state index contributed by atoms with van der Waals surface area (Å²) in [5, 5.41) is 17.8. The van der Waals surface area contributed by atoms with E-state index >= 15 is 0 Å². The molecule has 4 rings (SSSR count). The Morgan fingerprint density at radius 2 is 1.84 bits per heavy atom. The molecule has 0 radical (unpaired) electrons.